The zero-order valence-corrected chi connectivity index (χ0v) is 12.0. The van der Waals surface area contributed by atoms with Crippen LogP contribution in [0.4, 0.5) is 4.39 Å². The van der Waals surface area contributed by atoms with E-state index in [0.29, 0.717) is 11.2 Å². The van der Waals surface area contributed by atoms with E-state index in [9.17, 15) is 14.0 Å². The third-order valence-corrected chi connectivity index (χ3v) is 3.72. The molecule has 2 N–H and O–H groups in total. The van der Waals surface area contributed by atoms with Gasteiger partial charge in [0.05, 0.1) is 26.8 Å². The molecule has 0 aliphatic heterocycles. The normalized spacial score (nSPS) is 11.0. The van der Waals surface area contributed by atoms with Gasteiger partial charge in [-0.05, 0) is 46.3 Å². The molecule has 0 unspecified atom stereocenters. The molecule has 0 saturated heterocycles. The number of H-pyrrole nitrogens is 1. The lowest BCUT2D eigenvalue weighted by Gasteiger charge is -2.05. The molecule has 7 heteroatoms. The first-order valence-corrected chi connectivity index (χ1v) is 6.71. The van der Waals surface area contributed by atoms with Gasteiger partial charge in [0.15, 0.2) is 0 Å². The van der Waals surface area contributed by atoms with E-state index in [4.69, 9.17) is 5.11 Å². The van der Waals surface area contributed by atoms with Crippen molar-refractivity contribution in [2.75, 3.05) is 0 Å². The highest BCUT2D eigenvalue weighted by molar-refractivity contribution is 9.10. The lowest BCUT2D eigenvalue weighted by molar-refractivity contribution is 0.0699. The predicted octanol–water partition coefficient (Wildman–Crippen LogP) is 2.92. The average molecular weight is 351 g/mol. The summed E-state index contributed by atoms with van der Waals surface area (Å²) in [6.07, 6.45) is 0. The predicted molar refractivity (Wildman–Crippen MR) is 78.5 cm³/mol. The minimum absolute atomic E-state index is 0.00419. The van der Waals surface area contributed by atoms with E-state index in [0.717, 1.165) is 0 Å². The number of hydrogen-bond acceptors (Lipinski definition) is 2. The minimum Gasteiger partial charge on any atom is -0.478 e. The van der Waals surface area contributed by atoms with Crippen molar-refractivity contribution in [3.8, 4) is 5.69 Å². The number of carboxylic acid groups (broad SMARTS) is 1. The van der Waals surface area contributed by atoms with Crippen LogP contribution >= 0.6 is 15.9 Å². The summed E-state index contributed by atoms with van der Waals surface area (Å²) < 4.78 is 14.8. The van der Waals surface area contributed by atoms with Crippen molar-refractivity contribution in [1.82, 2.24) is 9.55 Å². The molecule has 0 radical (unpaired) electrons. The van der Waals surface area contributed by atoms with Gasteiger partial charge in [-0.2, -0.15) is 0 Å². The van der Waals surface area contributed by atoms with Gasteiger partial charge >= 0.3 is 11.7 Å². The molecule has 0 bridgehead atoms. The third-order valence-electron chi connectivity index (χ3n) is 3.11. The first kappa shape index (κ1) is 13.6. The van der Waals surface area contributed by atoms with E-state index in [1.807, 2.05) is 0 Å². The number of aromatic amines is 1. The average Bonchev–Trinajstić information content (AvgIpc) is 2.77. The van der Waals surface area contributed by atoms with Crippen molar-refractivity contribution in [1.29, 1.82) is 0 Å². The van der Waals surface area contributed by atoms with Gasteiger partial charge in [0.25, 0.3) is 0 Å². The van der Waals surface area contributed by atoms with Crippen LogP contribution in [-0.2, 0) is 0 Å². The number of aromatic carboxylic acids is 1. The summed E-state index contributed by atoms with van der Waals surface area (Å²) in [5.41, 5.74) is 0.595. The molecule has 0 atom stereocenters. The largest absolute Gasteiger partial charge is 0.478 e. The molecular formula is C14H8BrFN2O3. The molecule has 0 saturated carbocycles. The standard InChI is InChI=1S/C14H8BrFN2O3/c15-9-6-7(4-5-10(9)16)18-11-3-1-2-8(13(19)20)12(11)17-14(18)21/h1-6H,(H,17,21)(H,19,20). The monoisotopic (exact) mass is 350 g/mol. The number of fused-ring (bicyclic) bond motifs is 1. The third kappa shape index (κ3) is 2.15. The summed E-state index contributed by atoms with van der Waals surface area (Å²) in [4.78, 5) is 25.8. The van der Waals surface area contributed by atoms with Crippen LogP contribution in [0.15, 0.2) is 45.7 Å². The number of nitrogens with one attached hydrogen (secondary N) is 1. The second kappa shape index (κ2) is 4.85. The van der Waals surface area contributed by atoms with E-state index >= 15 is 0 Å². The number of carbonyl (C=O) groups is 1. The molecule has 0 aliphatic rings. The van der Waals surface area contributed by atoms with Gasteiger partial charge in [0.1, 0.15) is 5.82 Å². The number of carboxylic acids is 1. The molecule has 3 aromatic rings. The van der Waals surface area contributed by atoms with Crippen LogP contribution in [0.3, 0.4) is 0 Å². The zero-order valence-electron chi connectivity index (χ0n) is 10.4. The number of hydrogen-bond donors (Lipinski definition) is 2. The Kier molecular flexibility index (Phi) is 3.13. The molecular weight excluding hydrogens is 343 g/mol. The van der Waals surface area contributed by atoms with Crippen molar-refractivity contribution < 1.29 is 14.3 Å². The van der Waals surface area contributed by atoms with Gasteiger partial charge in [-0.25, -0.2) is 14.0 Å². The molecule has 2 aromatic carbocycles. The van der Waals surface area contributed by atoms with E-state index in [1.54, 1.807) is 12.1 Å². The summed E-state index contributed by atoms with van der Waals surface area (Å²) in [6, 6.07) is 8.71. The fraction of sp³-hybridized carbons (Fsp3) is 0. The van der Waals surface area contributed by atoms with Crippen molar-refractivity contribution in [3.05, 3.63) is 62.7 Å². The fourth-order valence-electron chi connectivity index (χ4n) is 2.19. The van der Waals surface area contributed by atoms with E-state index < -0.39 is 17.5 Å². The molecule has 5 nitrogen and oxygen atoms in total. The maximum atomic E-state index is 13.3. The molecule has 0 fully saturated rings. The summed E-state index contributed by atoms with van der Waals surface area (Å²) in [5, 5.41) is 9.15. The van der Waals surface area contributed by atoms with Crippen molar-refractivity contribution in [2.24, 2.45) is 0 Å². The van der Waals surface area contributed by atoms with E-state index in [2.05, 4.69) is 20.9 Å². The highest BCUT2D eigenvalue weighted by Gasteiger charge is 2.15. The quantitative estimate of drug-likeness (QED) is 0.746. The summed E-state index contributed by atoms with van der Waals surface area (Å²) in [5.74, 6) is -1.58. The molecule has 0 spiro atoms. The Labute approximate surface area is 125 Å². The number of aromatic nitrogens is 2. The molecule has 0 aliphatic carbocycles. The van der Waals surface area contributed by atoms with Gasteiger partial charge in [0.2, 0.25) is 0 Å². The Bertz CT molecular complexity index is 930. The number of nitrogens with zero attached hydrogens (tertiary/aromatic N) is 1. The number of imidazole rings is 1. The minimum atomic E-state index is -1.13. The van der Waals surface area contributed by atoms with E-state index in [-0.39, 0.29) is 15.6 Å². The van der Waals surface area contributed by atoms with Crippen LogP contribution in [0.5, 0.6) is 0 Å². The fourth-order valence-corrected chi connectivity index (χ4v) is 2.56. The smallest absolute Gasteiger partial charge is 0.337 e. The lowest BCUT2D eigenvalue weighted by Crippen LogP contribution is -2.14. The number of rotatable bonds is 2. The Hall–Kier alpha value is -2.41. The summed E-state index contributed by atoms with van der Waals surface area (Å²) in [7, 11) is 0. The van der Waals surface area contributed by atoms with Crippen LogP contribution in [0, 0.1) is 5.82 Å². The van der Waals surface area contributed by atoms with Gasteiger partial charge in [0, 0.05) is 0 Å². The number of para-hydroxylation sites is 1. The first-order chi connectivity index (χ1) is 9.99. The van der Waals surface area contributed by atoms with Crippen LogP contribution in [-0.4, -0.2) is 20.6 Å². The summed E-state index contributed by atoms with van der Waals surface area (Å²) >= 11 is 3.06. The van der Waals surface area contributed by atoms with Crippen molar-refractivity contribution >= 4 is 32.9 Å². The van der Waals surface area contributed by atoms with Crippen LogP contribution in [0.1, 0.15) is 10.4 Å². The zero-order chi connectivity index (χ0) is 15.1. The van der Waals surface area contributed by atoms with E-state index in [1.165, 1.54) is 28.8 Å². The van der Waals surface area contributed by atoms with Crippen LogP contribution in [0.25, 0.3) is 16.7 Å². The molecule has 0 amide bonds. The maximum Gasteiger partial charge on any atom is 0.337 e. The second-order valence-electron chi connectivity index (χ2n) is 4.37. The Morgan fingerprint density at radius 2 is 2.05 bits per heavy atom. The van der Waals surface area contributed by atoms with Gasteiger partial charge < -0.3 is 10.1 Å². The molecule has 1 heterocycles. The molecule has 21 heavy (non-hydrogen) atoms. The number of halogens is 2. The molecule has 3 rings (SSSR count). The van der Waals surface area contributed by atoms with Crippen LogP contribution in [0.2, 0.25) is 0 Å². The lowest BCUT2D eigenvalue weighted by atomic mass is 10.2. The van der Waals surface area contributed by atoms with Crippen LogP contribution < -0.4 is 5.69 Å². The SMILES string of the molecule is O=C(O)c1cccc2c1[nH]c(=O)n2-c1ccc(F)c(Br)c1. The number of benzene rings is 2. The maximum absolute atomic E-state index is 13.3. The van der Waals surface area contributed by atoms with Gasteiger partial charge in [-0.3, -0.25) is 4.57 Å². The van der Waals surface area contributed by atoms with Gasteiger partial charge in [-0.15, -0.1) is 0 Å². The Balaban J connectivity index is 2.35. The summed E-state index contributed by atoms with van der Waals surface area (Å²) in [6.45, 7) is 0. The van der Waals surface area contributed by atoms with Crippen molar-refractivity contribution in [2.45, 2.75) is 0 Å². The molecule has 1 aromatic heterocycles. The van der Waals surface area contributed by atoms with Gasteiger partial charge in [-0.1, -0.05) is 6.07 Å². The molecule has 106 valence electrons. The highest BCUT2D eigenvalue weighted by atomic mass is 79.9. The highest BCUT2D eigenvalue weighted by Crippen LogP contribution is 2.23. The first-order valence-electron chi connectivity index (χ1n) is 5.91. The Morgan fingerprint density at radius 1 is 1.29 bits per heavy atom. The Morgan fingerprint density at radius 3 is 2.71 bits per heavy atom. The van der Waals surface area contributed by atoms with Crippen molar-refractivity contribution in [3.63, 3.8) is 0 Å². The second-order valence-corrected chi connectivity index (χ2v) is 5.22. The topological polar surface area (TPSA) is 75.1 Å².